The molecule has 1 N–H and O–H groups in total. The lowest BCUT2D eigenvalue weighted by Gasteiger charge is -2.14. The lowest BCUT2D eigenvalue weighted by atomic mass is 10.1. The molecule has 1 aromatic carbocycles. The Hall–Kier alpha value is -2.80. The second kappa shape index (κ2) is 6.25. The van der Waals surface area contributed by atoms with E-state index in [0.717, 1.165) is 23.0 Å². The lowest BCUT2D eigenvalue weighted by Crippen LogP contribution is -2.30. The minimum Gasteiger partial charge on any atom is -0.396 e. The third kappa shape index (κ3) is 2.76. The van der Waals surface area contributed by atoms with Gasteiger partial charge in [0.1, 0.15) is 0 Å². The highest BCUT2D eigenvalue weighted by atomic mass is 16.3. The first-order chi connectivity index (χ1) is 12.2. The van der Waals surface area contributed by atoms with Crippen molar-refractivity contribution >= 4 is 16.8 Å². The van der Waals surface area contributed by atoms with Gasteiger partial charge >= 0.3 is 0 Å². The van der Waals surface area contributed by atoms with Crippen LogP contribution in [0.15, 0.2) is 36.5 Å². The molecule has 2 aromatic heterocycles. The van der Waals surface area contributed by atoms with Crippen molar-refractivity contribution in [3.63, 3.8) is 0 Å². The van der Waals surface area contributed by atoms with Crippen LogP contribution in [0.1, 0.15) is 22.6 Å². The van der Waals surface area contributed by atoms with Gasteiger partial charge in [0.05, 0.1) is 16.9 Å². The molecule has 1 unspecified atom stereocenters. The SMILES string of the molecule is Cc1c(C(=O)N2CCC(CO)C2)nnn1-c1ccc2ncccc2c1. The smallest absolute Gasteiger partial charge is 0.276 e. The van der Waals surface area contributed by atoms with Gasteiger partial charge in [-0.15, -0.1) is 5.10 Å². The Morgan fingerprint density at radius 2 is 2.24 bits per heavy atom. The van der Waals surface area contributed by atoms with Crippen LogP contribution in [0.4, 0.5) is 0 Å². The monoisotopic (exact) mass is 337 g/mol. The predicted octanol–water partition coefficient (Wildman–Crippen LogP) is 1.58. The summed E-state index contributed by atoms with van der Waals surface area (Å²) in [7, 11) is 0. The van der Waals surface area contributed by atoms with Gasteiger partial charge in [0.2, 0.25) is 0 Å². The molecule has 1 saturated heterocycles. The van der Waals surface area contributed by atoms with Crippen LogP contribution in [-0.2, 0) is 0 Å². The molecule has 25 heavy (non-hydrogen) atoms. The van der Waals surface area contributed by atoms with Gasteiger partial charge in [0.25, 0.3) is 5.91 Å². The van der Waals surface area contributed by atoms with Gasteiger partial charge in [0, 0.05) is 37.2 Å². The van der Waals surface area contributed by atoms with Gasteiger partial charge in [-0.3, -0.25) is 9.78 Å². The standard InChI is InChI=1S/C18H19N5O2/c1-12-17(18(25)22-8-6-13(10-22)11-24)20-21-23(12)15-4-5-16-14(9-15)3-2-7-19-16/h2-5,7,9,13,24H,6,8,10-11H2,1H3. The number of aromatic nitrogens is 4. The summed E-state index contributed by atoms with van der Waals surface area (Å²) in [5.74, 6) is 0.0365. The van der Waals surface area contributed by atoms with Crippen LogP contribution in [0, 0.1) is 12.8 Å². The molecule has 1 aliphatic heterocycles. The molecular formula is C18H19N5O2. The largest absolute Gasteiger partial charge is 0.396 e. The Morgan fingerprint density at radius 3 is 3.04 bits per heavy atom. The number of pyridine rings is 1. The zero-order chi connectivity index (χ0) is 17.4. The van der Waals surface area contributed by atoms with Gasteiger partial charge < -0.3 is 10.0 Å². The lowest BCUT2D eigenvalue weighted by molar-refractivity contribution is 0.0775. The van der Waals surface area contributed by atoms with Crippen molar-refractivity contribution < 1.29 is 9.90 Å². The number of amides is 1. The van der Waals surface area contributed by atoms with Crippen LogP contribution in [0.5, 0.6) is 0 Å². The van der Waals surface area contributed by atoms with Crippen molar-refractivity contribution in [2.24, 2.45) is 5.92 Å². The van der Waals surface area contributed by atoms with E-state index < -0.39 is 0 Å². The Morgan fingerprint density at radius 1 is 1.36 bits per heavy atom. The van der Waals surface area contributed by atoms with E-state index in [1.54, 1.807) is 15.8 Å². The van der Waals surface area contributed by atoms with E-state index in [9.17, 15) is 9.90 Å². The van der Waals surface area contributed by atoms with Crippen molar-refractivity contribution in [1.29, 1.82) is 0 Å². The molecule has 0 spiro atoms. The molecule has 7 heteroatoms. The predicted molar refractivity (Wildman–Crippen MR) is 92.5 cm³/mol. The number of carbonyl (C=O) groups is 1. The Bertz CT molecular complexity index is 936. The van der Waals surface area contributed by atoms with Gasteiger partial charge in [-0.05, 0) is 37.6 Å². The highest BCUT2D eigenvalue weighted by Crippen LogP contribution is 2.21. The second-order valence-corrected chi connectivity index (χ2v) is 6.40. The molecule has 1 aliphatic rings. The highest BCUT2D eigenvalue weighted by Gasteiger charge is 2.29. The van der Waals surface area contributed by atoms with E-state index in [-0.39, 0.29) is 18.4 Å². The van der Waals surface area contributed by atoms with Crippen LogP contribution in [0.25, 0.3) is 16.6 Å². The summed E-state index contributed by atoms with van der Waals surface area (Å²) in [6.07, 6.45) is 2.59. The van der Waals surface area contributed by atoms with Gasteiger partial charge in [-0.2, -0.15) is 0 Å². The zero-order valence-electron chi connectivity index (χ0n) is 14.0. The number of fused-ring (bicyclic) bond motifs is 1. The fourth-order valence-electron chi connectivity index (χ4n) is 3.28. The Labute approximate surface area is 144 Å². The number of rotatable bonds is 3. The molecule has 128 valence electrons. The summed E-state index contributed by atoms with van der Waals surface area (Å²) in [6.45, 7) is 3.18. The Balaban J connectivity index is 1.65. The molecule has 3 aromatic rings. The maximum absolute atomic E-state index is 12.7. The summed E-state index contributed by atoms with van der Waals surface area (Å²) in [6, 6.07) is 9.71. The fraction of sp³-hybridized carbons (Fsp3) is 0.333. The topological polar surface area (TPSA) is 84.1 Å². The average molecular weight is 337 g/mol. The number of aliphatic hydroxyl groups excluding tert-OH is 1. The van der Waals surface area contributed by atoms with E-state index >= 15 is 0 Å². The Kier molecular flexibility index (Phi) is 3.93. The van der Waals surface area contributed by atoms with Crippen LogP contribution in [0.3, 0.4) is 0 Å². The van der Waals surface area contributed by atoms with Crippen LogP contribution < -0.4 is 0 Å². The van der Waals surface area contributed by atoms with E-state index in [2.05, 4.69) is 15.3 Å². The van der Waals surface area contributed by atoms with Crippen molar-refractivity contribution in [2.75, 3.05) is 19.7 Å². The van der Waals surface area contributed by atoms with Gasteiger partial charge in [-0.25, -0.2) is 4.68 Å². The molecule has 3 heterocycles. The van der Waals surface area contributed by atoms with Crippen molar-refractivity contribution in [1.82, 2.24) is 24.9 Å². The summed E-state index contributed by atoms with van der Waals surface area (Å²) >= 11 is 0. The normalized spacial score (nSPS) is 17.4. The number of likely N-dealkylation sites (tertiary alicyclic amines) is 1. The van der Waals surface area contributed by atoms with Crippen molar-refractivity contribution in [3.05, 3.63) is 47.9 Å². The van der Waals surface area contributed by atoms with E-state index in [1.165, 1.54) is 0 Å². The molecule has 0 aliphatic carbocycles. The zero-order valence-corrected chi connectivity index (χ0v) is 14.0. The number of carbonyl (C=O) groups excluding carboxylic acids is 1. The van der Waals surface area contributed by atoms with E-state index in [4.69, 9.17) is 0 Å². The number of hydrogen-bond donors (Lipinski definition) is 1. The van der Waals surface area contributed by atoms with Crippen molar-refractivity contribution in [2.45, 2.75) is 13.3 Å². The minimum atomic E-state index is -0.123. The molecule has 1 amide bonds. The molecule has 1 fully saturated rings. The minimum absolute atomic E-state index is 0.112. The molecule has 0 bridgehead atoms. The van der Waals surface area contributed by atoms with Gasteiger partial charge in [-0.1, -0.05) is 11.3 Å². The molecule has 0 radical (unpaired) electrons. The number of nitrogens with zero attached hydrogens (tertiary/aromatic N) is 5. The number of hydrogen-bond acceptors (Lipinski definition) is 5. The number of aliphatic hydroxyl groups is 1. The quantitative estimate of drug-likeness (QED) is 0.784. The highest BCUT2D eigenvalue weighted by molar-refractivity contribution is 5.93. The van der Waals surface area contributed by atoms with Crippen molar-refractivity contribution in [3.8, 4) is 5.69 Å². The molecule has 4 rings (SSSR count). The molecule has 7 nitrogen and oxygen atoms in total. The maximum atomic E-state index is 12.7. The third-order valence-electron chi connectivity index (χ3n) is 4.76. The first kappa shape index (κ1) is 15.7. The first-order valence-corrected chi connectivity index (χ1v) is 8.35. The van der Waals surface area contributed by atoms with Gasteiger partial charge in [0.15, 0.2) is 5.69 Å². The molecule has 0 saturated carbocycles. The molecule has 1 atom stereocenters. The van der Waals surface area contributed by atoms with Crippen LogP contribution >= 0.6 is 0 Å². The number of benzene rings is 1. The average Bonchev–Trinajstić information content (AvgIpc) is 3.27. The summed E-state index contributed by atoms with van der Waals surface area (Å²) in [5.41, 5.74) is 2.83. The second-order valence-electron chi connectivity index (χ2n) is 6.40. The molecular weight excluding hydrogens is 318 g/mol. The first-order valence-electron chi connectivity index (χ1n) is 8.35. The van der Waals surface area contributed by atoms with E-state index in [1.807, 2.05) is 37.3 Å². The summed E-state index contributed by atoms with van der Waals surface area (Å²) in [5, 5.41) is 18.5. The maximum Gasteiger partial charge on any atom is 0.276 e. The fourth-order valence-corrected chi connectivity index (χ4v) is 3.28. The van der Waals surface area contributed by atoms with E-state index in [0.29, 0.717) is 24.5 Å². The third-order valence-corrected chi connectivity index (χ3v) is 4.76. The summed E-state index contributed by atoms with van der Waals surface area (Å²) in [4.78, 5) is 18.8. The van der Waals surface area contributed by atoms with Crippen LogP contribution in [0.2, 0.25) is 0 Å². The summed E-state index contributed by atoms with van der Waals surface area (Å²) < 4.78 is 1.68. The van der Waals surface area contributed by atoms with Crippen LogP contribution in [-0.4, -0.2) is 55.6 Å².